The van der Waals surface area contributed by atoms with Crippen molar-refractivity contribution in [3.63, 3.8) is 0 Å². The zero-order chi connectivity index (χ0) is 18.1. The quantitative estimate of drug-likeness (QED) is 0.256. The molecule has 0 radical (unpaired) electrons. The summed E-state index contributed by atoms with van der Waals surface area (Å²) >= 11 is 3.19. The molecule has 0 fully saturated rings. The maximum Gasteiger partial charge on any atom is 0.347 e. The van der Waals surface area contributed by atoms with Crippen molar-refractivity contribution in [2.45, 2.75) is 4.90 Å². The number of ether oxygens (including phenoxy) is 1. The molecule has 0 aromatic heterocycles. The van der Waals surface area contributed by atoms with Crippen LogP contribution in [0.2, 0.25) is 0 Å². The van der Waals surface area contributed by atoms with Gasteiger partial charge >= 0.3 is 5.97 Å². The van der Waals surface area contributed by atoms with Crippen LogP contribution in [0.25, 0.3) is 0 Å². The van der Waals surface area contributed by atoms with Crippen LogP contribution in [-0.2, 0) is 9.05 Å². The number of benzene rings is 2. The third kappa shape index (κ3) is 4.02. The molecule has 0 amide bonds. The number of rotatable bonds is 4. The first-order valence-corrected chi connectivity index (χ1v) is 9.13. The Labute approximate surface area is 148 Å². The highest BCUT2D eigenvalue weighted by atomic mass is 79.9. The lowest BCUT2D eigenvalue weighted by Gasteiger charge is -2.08. The Hall–Kier alpha value is -2.17. The molecule has 0 aliphatic heterocycles. The zero-order valence-corrected chi connectivity index (χ0v) is 14.6. The van der Waals surface area contributed by atoms with Crippen LogP contribution in [0.5, 0.6) is 11.5 Å². The van der Waals surface area contributed by atoms with E-state index in [0.717, 1.165) is 4.47 Å². The number of hydrogen-bond donors (Lipinski definition) is 1. The van der Waals surface area contributed by atoms with E-state index in [1.54, 1.807) is 12.1 Å². The molecule has 2 aromatic carbocycles. The Morgan fingerprint density at radius 3 is 2.33 bits per heavy atom. The second-order valence-corrected chi connectivity index (χ2v) is 7.83. The van der Waals surface area contributed by atoms with Gasteiger partial charge in [0.1, 0.15) is 16.2 Å². The van der Waals surface area contributed by atoms with Crippen LogP contribution >= 0.6 is 26.6 Å². The highest BCUT2D eigenvalue weighted by Gasteiger charge is 2.28. The lowest BCUT2D eigenvalue weighted by molar-refractivity contribution is -0.385. The minimum absolute atomic E-state index is 0.0874. The molecule has 0 saturated carbocycles. The summed E-state index contributed by atoms with van der Waals surface area (Å²) in [4.78, 5) is 21.1. The second-order valence-electron chi connectivity index (χ2n) is 4.38. The van der Waals surface area contributed by atoms with E-state index in [2.05, 4.69) is 15.9 Å². The van der Waals surface area contributed by atoms with Gasteiger partial charge < -0.3 is 9.84 Å². The highest BCUT2D eigenvalue weighted by molar-refractivity contribution is 9.10. The van der Waals surface area contributed by atoms with Gasteiger partial charge in [0.25, 0.3) is 14.7 Å². The minimum Gasteiger partial charge on any atom is -0.506 e. The Bertz CT molecular complexity index is 928. The standard InChI is InChI=1S/C13H7BrClNO7S/c14-7-1-3-9(4-2-7)23-13(18)10-5-8(16(19)20)6-11(12(10)17)24(15,21)22/h1-6,17H. The van der Waals surface area contributed by atoms with Gasteiger partial charge in [-0.15, -0.1) is 0 Å². The number of non-ortho nitro benzene ring substituents is 1. The highest BCUT2D eigenvalue weighted by Crippen LogP contribution is 2.34. The number of nitro benzene ring substituents is 1. The van der Waals surface area contributed by atoms with Crippen LogP contribution in [-0.4, -0.2) is 24.4 Å². The summed E-state index contributed by atoms with van der Waals surface area (Å²) in [6.45, 7) is 0. The molecule has 0 spiro atoms. The topological polar surface area (TPSA) is 124 Å². The molecule has 1 N–H and O–H groups in total. The first-order chi connectivity index (χ1) is 11.1. The van der Waals surface area contributed by atoms with Crippen molar-refractivity contribution < 1.29 is 28.0 Å². The normalized spacial score (nSPS) is 11.1. The van der Waals surface area contributed by atoms with Crippen LogP contribution in [0.3, 0.4) is 0 Å². The fourth-order valence-corrected chi connectivity index (χ4v) is 2.92. The first-order valence-electron chi connectivity index (χ1n) is 6.03. The molecule has 0 unspecified atom stereocenters. The summed E-state index contributed by atoms with van der Waals surface area (Å²) in [5.41, 5.74) is -1.44. The third-order valence-corrected chi connectivity index (χ3v) is 4.64. The number of hydrogen-bond acceptors (Lipinski definition) is 7. The van der Waals surface area contributed by atoms with Crippen LogP contribution in [0.1, 0.15) is 10.4 Å². The number of carbonyl (C=O) groups excluding carboxylic acids is 1. The van der Waals surface area contributed by atoms with Gasteiger partial charge in [-0.05, 0) is 24.3 Å². The summed E-state index contributed by atoms with van der Waals surface area (Å²) in [6.07, 6.45) is 0. The smallest absolute Gasteiger partial charge is 0.347 e. The van der Waals surface area contributed by atoms with Gasteiger partial charge in [0.15, 0.2) is 5.75 Å². The van der Waals surface area contributed by atoms with Gasteiger partial charge in [0.2, 0.25) is 0 Å². The number of nitrogens with zero attached hydrogens (tertiary/aromatic N) is 1. The van der Waals surface area contributed by atoms with Crippen LogP contribution in [0, 0.1) is 10.1 Å². The number of aromatic hydroxyl groups is 1. The van der Waals surface area contributed by atoms with Gasteiger partial charge in [-0.1, -0.05) is 15.9 Å². The van der Waals surface area contributed by atoms with Crippen molar-refractivity contribution in [1.29, 1.82) is 0 Å². The van der Waals surface area contributed by atoms with E-state index in [1.165, 1.54) is 12.1 Å². The van der Waals surface area contributed by atoms with E-state index >= 15 is 0 Å². The molecule has 0 saturated heterocycles. The SMILES string of the molecule is O=C(Oc1ccc(Br)cc1)c1cc([N+](=O)[O-])cc(S(=O)(=O)Cl)c1O. The van der Waals surface area contributed by atoms with E-state index < -0.39 is 41.8 Å². The molecule has 0 heterocycles. The number of esters is 1. The molecule has 0 bridgehead atoms. The molecular formula is C13H7BrClNO7S. The Morgan fingerprint density at radius 2 is 1.83 bits per heavy atom. The largest absolute Gasteiger partial charge is 0.506 e. The Morgan fingerprint density at radius 1 is 1.25 bits per heavy atom. The average molecular weight is 437 g/mol. The Kier molecular flexibility index (Phi) is 5.11. The molecule has 0 atom stereocenters. The summed E-state index contributed by atoms with van der Waals surface area (Å²) in [7, 11) is 0.607. The van der Waals surface area contributed by atoms with Crippen LogP contribution in [0.15, 0.2) is 45.8 Å². The maximum atomic E-state index is 12.1. The monoisotopic (exact) mass is 435 g/mol. The minimum atomic E-state index is -4.52. The van der Waals surface area contributed by atoms with E-state index in [1.807, 2.05) is 0 Å². The number of halogens is 2. The molecular weight excluding hydrogens is 430 g/mol. The van der Waals surface area contributed by atoms with Gasteiger partial charge in [0.05, 0.1) is 4.92 Å². The van der Waals surface area contributed by atoms with Crippen molar-refractivity contribution in [3.8, 4) is 11.5 Å². The second kappa shape index (κ2) is 6.75. The number of phenolic OH excluding ortho intramolecular Hbond substituents is 1. The average Bonchev–Trinajstić information content (AvgIpc) is 2.48. The van der Waals surface area contributed by atoms with Gasteiger partial charge in [-0.3, -0.25) is 10.1 Å². The summed E-state index contributed by atoms with van der Waals surface area (Å²) in [5.74, 6) is -2.12. The van der Waals surface area contributed by atoms with Gasteiger partial charge in [-0.25, -0.2) is 13.2 Å². The number of phenols is 1. The molecule has 11 heteroatoms. The fourth-order valence-electron chi connectivity index (χ4n) is 1.70. The van der Waals surface area contributed by atoms with Gasteiger partial charge in [-0.2, -0.15) is 0 Å². The van der Waals surface area contributed by atoms with Crippen molar-refractivity contribution in [3.05, 3.63) is 56.5 Å². The van der Waals surface area contributed by atoms with E-state index in [4.69, 9.17) is 15.4 Å². The van der Waals surface area contributed by atoms with Crippen molar-refractivity contribution in [1.82, 2.24) is 0 Å². The van der Waals surface area contributed by atoms with E-state index in [0.29, 0.717) is 12.1 Å². The maximum absolute atomic E-state index is 12.1. The predicted molar refractivity (Wildman–Crippen MR) is 86.9 cm³/mol. The molecule has 0 aliphatic rings. The van der Waals surface area contributed by atoms with Crippen molar-refractivity contribution >= 4 is 47.3 Å². The van der Waals surface area contributed by atoms with Crippen LogP contribution < -0.4 is 4.74 Å². The summed E-state index contributed by atoms with van der Waals surface area (Å²) < 4.78 is 28.5. The lowest BCUT2D eigenvalue weighted by atomic mass is 10.2. The van der Waals surface area contributed by atoms with Gasteiger partial charge in [0, 0.05) is 27.3 Å². The molecule has 8 nitrogen and oxygen atoms in total. The van der Waals surface area contributed by atoms with Crippen LogP contribution in [0.4, 0.5) is 5.69 Å². The van der Waals surface area contributed by atoms with E-state index in [9.17, 15) is 28.4 Å². The third-order valence-electron chi connectivity index (χ3n) is 2.78. The molecule has 24 heavy (non-hydrogen) atoms. The molecule has 2 aromatic rings. The first kappa shape index (κ1) is 18.2. The lowest BCUT2D eigenvalue weighted by Crippen LogP contribution is -2.11. The predicted octanol–water partition coefficient (Wildman–Crippen LogP) is 3.21. The molecule has 126 valence electrons. The summed E-state index contributed by atoms with van der Waals surface area (Å²) in [6, 6.07) is 7.25. The van der Waals surface area contributed by atoms with E-state index in [-0.39, 0.29) is 5.75 Å². The molecule has 0 aliphatic carbocycles. The Balaban J connectivity index is 2.52. The summed E-state index contributed by atoms with van der Waals surface area (Å²) in [5, 5.41) is 20.8. The number of nitro groups is 1. The zero-order valence-electron chi connectivity index (χ0n) is 11.5. The molecule has 2 rings (SSSR count). The fraction of sp³-hybridized carbons (Fsp3) is 0. The van der Waals surface area contributed by atoms with Crippen molar-refractivity contribution in [2.24, 2.45) is 0 Å². The van der Waals surface area contributed by atoms with Crippen molar-refractivity contribution in [2.75, 3.05) is 0 Å². The number of carbonyl (C=O) groups is 1.